The quantitative estimate of drug-likeness (QED) is 0.293. The van der Waals surface area contributed by atoms with E-state index in [2.05, 4.69) is 25.3 Å². The van der Waals surface area contributed by atoms with E-state index in [1.54, 1.807) is 27.7 Å². The van der Waals surface area contributed by atoms with Crippen molar-refractivity contribution in [2.75, 3.05) is 0 Å². The van der Waals surface area contributed by atoms with Crippen LogP contribution in [0.25, 0.3) is 0 Å². The number of aliphatic carboxylic acids is 2. The molecule has 0 aliphatic rings. The molecule has 0 aliphatic heterocycles. The van der Waals surface area contributed by atoms with Gasteiger partial charge in [-0.1, -0.05) is 6.42 Å². The zero-order valence-electron chi connectivity index (χ0n) is 14.7. The van der Waals surface area contributed by atoms with Crippen molar-refractivity contribution in [3.05, 3.63) is 0 Å². The number of hydrogen-bond acceptors (Lipinski definition) is 4. The molecule has 0 heterocycles. The van der Waals surface area contributed by atoms with Crippen LogP contribution in [0.15, 0.2) is 0 Å². The molecule has 8 heteroatoms. The van der Waals surface area contributed by atoms with Gasteiger partial charge >= 0.3 is 71.1 Å². The molecular formula is C17H34Na2O4S2. The Labute approximate surface area is 208 Å². The van der Waals surface area contributed by atoms with Gasteiger partial charge in [-0.05, 0) is 66.2 Å². The monoisotopic (exact) mass is 412 g/mol. The van der Waals surface area contributed by atoms with Crippen LogP contribution in [0.1, 0.15) is 72.6 Å². The van der Waals surface area contributed by atoms with Gasteiger partial charge < -0.3 is 10.2 Å². The summed E-state index contributed by atoms with van der Waals surface area (Å²) in [4.78, 5) is 22.1. The number of carbonyl (C=O) groups is 2. The van der Waals surface area contributed by atoms with Gasteiger partial charge in [-0.25, -0.2) is 0 Å². The van der Waals surface area contributed by atoms with E-state index in [9.17, 15) is 9.59 Å². The van der Waals surface area contributed by atoms with Crippen molar-refractivity contribution in [3.8, 4) is 0 Å². The van der Waals surface area contributed by atoms with E-state index in [-0.39, 0.29) is 69.6 Å². The zero-order valence-corrected chi connectivity index (χ0v) is 16.5. The predicted molar refractivity (Wildman–Crippen MR) is 115 cm³/mol. The van der Waals surface area contributed by atoms with E-state index in [1.807, 2.05) is 0 Å². The van der Waals surface area contributed by atoms with Crippen LogP contribution in [0, 0.1) is 10.8 Å². The fourth-order valence-corrected chi connectivity index (χ4v) is 2.77. The molecule has 0 radical (unpaired) electrons. The van der Waals surface area contributed by atoms with Gasteiger partial charge in [0.1, 0.15) is 0 Å². The Balaban J connectivity index is -0.00000242. The number of hydrogen-bond donors (Lipinski definition) is 4. The first-order valence-electron chi connectivity index (χ1n) is 8.21. The molecule has 0 aliphatic carbocycles. The minimum atomic E-state index is -0.769. The summed E-state index contributed by atoms with van der Waals surface area (Å²) in [6, 6.07) is 0. The Morgan fingerprint density at radius 3 is 1.28 bits per heavy atom. The molecule has 140 valence electrons. The first-order chi connectivity index (χ1) is 10.4. The third kappa shape index (κ3) is 14.3. The fourth-order valence-electron chi connectivity index (χ4n) is 2.15. The number of rotatable bonds is 12. The van der Waals surface area contributed by atoms with Crippen molar-refractivity contribution >= 4 is 96.3 Å². The minimum absolute atomic E-state index is 0. The molecular weight excluding hydrogens is 378 g/mol. The molecule has 4 nitrogen and oxygen atoms in total. The molecule has 0 spiro atoms. The molecule has 0 aromatic carbocycles. The van der Waals surface area contributed by atoms with E-state index >= 15 is 0 Å². The molecule has 0 aromatic rings. The number of carboxylic acid groups (broad SMARTS) is 2. The van der Waals surface area contributed by atoms with Crippen LogP contribution >= 0.6 is 25.3 Å². The predicted octanol–water partition coefficient (Wildman–Crippen LogP) is 3.24. The fraction of sp³-hybridized carbons (Fsp3) is 0.882. The van der Waals surface area contributed by atoms with Crippen LogP contribution in [-0.2, 0) is 9.59 Å². The summed E-state index contributed by atoms with van der Waals surface area (Å²) >= 11 is 9.08. The van der Waals surface area contributed by atoms with Gasteiger partial charge in [0, 0.05) is 10.5 Å². The van der Waals surface area contributed by atoms with Crippen LogP contribution in [0.5, 0.6) is 0 Å². The number of carboxylic acids is 2. The van der Waals surface area contributed by atoms with Crippen LogP contribution < -0.4 is 0 Å². The molecule has 0 saturated heterocycles. The van der Waals surface area contributed by atoms with Gasteiger partial charge in [0.05, 0.1) is 10.8 Å². The third-order valence-electron chi connectivity index (χ3n) is 4.44. The molecule has 25 heavy (non-hydrogen) atoms. The Morgan fingerprint density at radius 2 is 1.04 bits per heavy atom. The zero-order chi connectivity index (χ0) is 18.3. The molecule has 0 fully saturated rings. The number of thiol groups is 2. The normalized spacial score (nSPS) is 14.0. The van der Waals surface area contributed by atoms with E-state index in [0.717, 1.165) is 32.1 Å². The summed E-state index contributed by atoms with van der Waals surface area (Å²) in [5, 5.41) is 18.6. The van der Waals surface area contributed by atoms with Gasteiger partial charge in [-0.15, -0.1) is 0 Å². The van der Waals surface area contributed by atoms with Gasteiger partial charge in [-0.2, -0.15) is 25.3 Å². The maximum atomic E-state index is 11.1. The molecule has 0 rings (SSSR count). The van der Waals surface area contributed by atoms with Gasteiger partial charge in [-0.3, -0.25) is 9.59 Å². The van der Waals surface area contributed by atoms with Crippen molar-refractivity contribution in [3.63, 3.8) is 0 Å². The second kappa shape index (κ2) is 14.6. The Bertz CT molecular complexity index is 368. The third-order valence-corrected chi connectivity index (χ3v) is 5.47. The van der Waals surface area contributed by atoms with Crippen molar-refractivity contribution < 1.29 is 19.8 Å². The summed E-state index contributed by atoms with van der Waals surface area (Å²) in [5.74, 6) is -1.54. The summed E-state index contributed by atoms with van der Waals surface area (Å²) in [7, 11) is 0. The summed E-state index contributed by atoms with van der Waals surface area (Å²) in [6.45, 7) is 6.96. The first kappa shape index (κ1) is 31.3. The van der Waals surface area contributed by atoms with Gasteiger partial charge in [0.15, 0.2) is 0 Å². The van der Waals surface area contributed by atoms with Crippen molar-refractivity contribution in [1.82, 2.24) is 0 Å². The van der Waals surface area contributed by atoms with Crippen LogP contribution in [0.2, 0.25) is 0 Å². The Kier molecular flexibility index (Phi) is 18.3. The van der Waals surface area contributed by atoms with Crippen LogP contribution in [-0.4, -0.2) is 91.8 Å². The van der Waals surface area contributed by atoms with E-state index in [1.165, 1.54) is 0 Å². The molecule has 2 unspecified atom stereocenters. The molecule has 0 aromatic heterocycles. The molecule has 0 bridgehead atoms. The van der Waals surface area contributed by atoms with Crippen molar-refractivity contribution in [1.29, 1.82) is 0 Å². The van der Waals surface area contributed by atoms with E-state index in [4.69, 9.17) is 10.2 Å². The van der Waals surface area contributed by atoms with Crippen LogP contribution in [0.3, 0.4) is 0 Å². The molecule has 0 amide bonds. The Morgan fingerprint density at radius 1 is 0.760 bits per heavy atom. The van der Waals surface area contributed by atoms with Crippen molar-refractivity contribution in [2.45, 2.75) is 83.1 Å². The summed E-state index contributed by atoms with van der Waals surface area (Å²) in [5.41, 5.74) is -1.40. The molecule has 0 saturated carbocycles. The SMILES string of the molecule is CC(C)(CCC(S)CCCC(S)CCC(C)(C)C(=O)O)C(=O)O.[NaH].[NaH]. The van der Waals surface area contributed by atoms with Crippen molar-refractivity contribution in [2.24, 2.45) is 10.8 Å². The maximum absolute atomic E-state index is 11.1. The topological polar surface area (TPSA) is 74.6 Å². The van der Waals surface area contributed by atoms with Gasteiger partial charge in [0.25, 0.3) is 0 Å². The Hall–Kier alpha value is 1.64. The average molecular weight is 413 g/mol. The average Bonchev–Trinajstić information content (AvgIpc) is 2.43. The van der Waals surface area contributed by atoms with Gasteiger partial charge in [0.2, 0.25) is 0 Å². The van der Waals surface area contributed by atoms with E-state index < -0.39 is 22.8 Å². The standard InChI is InChI=1S/C17H32O4S2.2Na.2H/c1-16(2,14(18)19)10-8-12(22)6-5-7-13(23)9-11-17(3,4)15(20)21;;;;/h12-13,22-23H,5-11H2,1-4H3,(H,18,19)(H,20,21);;;;. The second-order valence-corrected chi connectivity index (χ2v) is 9.15. The summed E-state index contributed by atoms with van der Waals surface area (Å²) < 4.78 is 0. The molecule has 2 atom stereocenters. The summed E-state index contributed by atoms with van der Waals surface area (Å²) in [6.07, 6.45) is 5.64. The molecule has 2 N–H and O–H groups in total. The van der Waals surface area contributed by atoms with Crippen LogP contribution in [0.4, 0.5) is 0 Å². The second-order valence-electron chi connectivity index (χ2n) is 7.69. The van der Waals surface area contributed by atoms with E-state index in [0.29, 0.717) is 12.8 Å². The first-order valence-corrected chi connectivity index (χ1v) is 9.24.